The molecule has 0 heterocycles. The van der Waals surface area contributed by atoms with Gasteiger partial charge in [0.25, 0.3) is 0 Å². The highest BCUT2D eigenvalue weighted by atomic mass is 28.2. The lowest BCUT2D eigenvalue weighted by Gasteiger charge is -1.07. The Morgan fingerprint density at radius 1 is 1.20 bits per heavy atom. The van der Waals surface area contributed by atoms with Gasteiger partial charge in [-0.15, -0.1) is 0 Å². The summed E-state index contributed by atoms with van der Waals surface area (Å²) in [6, 6.07) is 0. The molecule has 5 heavy (non-hydrogen) atoms. The molecule has 0 radical (unpaired) electrons. The van der Waals surface area contributed by atoms with Gasteiger partial charge in [0.15, 0.2) is 0 Å². The second kappa shape index (κ2) is 45.4. The molecule has 3 heteroatoms. The van der Waals surface area contributed by atoms with E-state index >= 15 is 0 Å². The fourth-order valence-corrected chi connectivity index (χ4v) is 0. The maximum Gasteiger partial charge on any atom is 0.549 e. The fourth-order valence-electron chi connectivity index (χ4n) is 0. The van der Waals surface area contributed by atoms with Gasteiger partial charge in [0, 0.05) is 0 Å². The second-order valence-corrected chi connectivity index (χ2v) is 0.250. The molecule has 0 aromatic carbocycles. The summed E-state index contributed by atoms with van der Waals surface area (Å²) >= 11 is 0. The summed E-state index contributed by atoms with van der Waals surface area (Å²) in [7, 11) is -1.42. The number of hydrogen-bond acceptors (Lipinski definition) is 2. The number of rotatable bonds is 0. The minimum Gasteiger partial charge on any atom is -0.274 e. The Labute approximate surface area is 33.1 Å². The summed E-state index contributed by atoms with van der Waals surface area (Å²) in [6.07, 6.45) is 0. The summed E-state index contributed by atoms with van der Waals surface area (Å²) < 4.78 is 16.8. The third kappa shape index (κ3) is 376. The van der Waals surface area contributed by atoms with Crippen LogP contribution < -0.4 is 0 Å². The molecule has 0 aliphatic carbocycles. The number of hydrogen-bond donors (Lipinski definition) is 0. The van der Waals surface area contributed by atoms with E-state index in [2.05, 4.69) is 0 Å². The molecule has 0 N–H and O–H groups in total. The van der Waals surface area contributed by atoms with E-state index in [0.29, 0.717) is 0 Å². The van der Waals surface area contributed by atoms with Crippen LogP contribution in [0.5, 0.6) is 0 Å². The molecule has 2 nitrogen and oxygen atoms in total. The molecule has 0 aliphatic rings. The molecule has 0 fully saturated rings. The van der Waals surface area contributed by atoms with Crippen LogP contribution in [0.3, 0.4) is 0 Å². The quantitative estimate of drug-likeness (QED) is 0.404. The highest BCUT2D eigenvalue weighted by Gasteiger charge is 1.22. The van der Waals surface area contributed by atoms with Gasteiger partial charge in [-0.05, 0) is 0 Å². The van der Waals surface area contributed by atoms with Gasteiger partial charge in [0.2, 0.25) is 0 Å². The van der Waals surface area contributed by atoms with Crippen molar-refractivity contribution in [2.45, 2.75) is 13.8 Å². The van der Waals surface area contributed by atoms with Crippen LogP contribution in [0.1, 0.15) is 13.8 Å². The molecule has 0 rings (SSSR count). The van der Waals surface area contributed by atoms with Crippen molar-refractivity contribution in [3.63, 3.8) is 0 Å². The van der Waals surface area contributed by atoms with Gasteiger partial charge >= 0.3 is 9.29 Å². The lowest BCUT2D eigenvalue weighted by Crippen LogP contribution is -1.26. The largest absolute Gasteiger partial charge is 0.549 e. The predicted octanol–water partition coefficient (Wildman–Crippen LogP) is 0.408. The fraction of sp³-hybridized carbons (Fsp3) is 1.00. The van der Waals surface area contributed by atoms with Gasteiger partial charge in [0.1, 0.15) is 0 Å². The summed E-state index contributed by atoms with van der Waals surface area (Å²) in [4.78, 5) is 0. The molecule has 0 saturated carbocycles. The normalized spacial score (nSPS) is 2.80. The zero-order valence-corrected chi connectivity index (χ0v) is 4.32. The smallest absolute Gasteiger partial charge is 0.274 e. The zero-order chi connectivity index (χ0) is 4.71. The first-order valence-electron chi connectivity index (χ1n) is 1.41. The topological polar surface area (TPSA) is 34.1 Å². The van der Waals surface area contributed by atoms with Gasteiger partial charge in [0.05, 0.1) is 0 Å². The molecule has 0 aliphatic heterocycles. The van der Waals surface area contributed by atoms with Crippen molar-refractivity contribution in [2.24, 2.45) is 0 Å². The Bertz CT molecular complexity index is 28.6. The molecule has 0 saturated heterocycles. The molecule has 0 aromatic heterocycles. The van der Waals surface area contributed by atoms with E-state index in [9.17, 15) is 0 Å². The third-order valence-electron chi connectivity index (χ3n) is 0. The molecule has 0 unspecified atom stereocenters. The monoisotopic (exact) mass is 90.0 g/mol. The lowest BCUT2D eigenvalue weighted by atomic mass is 11.0. The van der Waals surface area contributed by atoms with Crippen molar-refractivity contribution in [3.05, 3.63) is 0 Å². The minimum atomic E-state index is -1.42. The minimum absolute atomic E-state index is 1.42. The molecule has 0 bridgehead atoms. The molecule has 30 valence electrons. The summed E-state index contributed by atoms with van der Waals surface area (Å²) in [5.74, 6) is 0. The average Bonchev–Trinajstić information content (AvgIpc) is 1.46. The van der Waals surface area contributed by atoms with Crippen LogP contribution in [0.15, 0.2) is 0 Å². The highest BCUT2D eigenvalue weighted by Crippen LogP contribution is 1.14. The van der Waals surface area contributed by atoms with E-state index in [1.165, 1.54) is 0 Å². The standard InChI is InChI=1S/C2H6.O2Si/c1-2;1-3-2/h1-2H3;. The maximum atomic E-state index is 8.40. The lowest BCUT2D eigenvalue weighted by molar-refractivity contribution is 0.497. The first-order valence-corrected chi connectivity index (χ1v) is 2.22. The van der Waals surface area contributed by atoms with Gasteiger partial charge in [-0.2, -0.15) is 0 Å². The second-order valence-electron chi connectivity index (χ2n) is 0.0833. The van der Waals surface area contributed by atoms with Gasteiger partial charge < -0.3 is 0 Å². The van der Waals surface area contributed by atoms with Crippen LogP contribution >= 0.6 is 0 Å². The maximum absolute atomic E-state index is 8.40. The third-order valence-corrected chi connectivity index (χ3v) is 0. The first-order chi connectivity index (χ1) is 2.41. The molecule has 0 spiro atoms. The van der Waals surface area contributed by atoms with Gasteiger partial charge in [-0.1, -0.05) is 13.8 Å². The van der Waals surface area contributed by atoms with Crippen LogP contribution in [0.25, 0.3) is 0 Å². The van der Waals surface area contributed by atoms with Gasteiger partial charge in [-0.25, -0.2) is 0 Å². The van der Waals surface area contributed by atoms with E-state index in [1.54, 1.807) is 0 Å². The van der Waals surface area contributed by atoms with Gasteiger partial charge in [-0.3, -0.25) is 8.92 Å². The van der Waals surface area contributed by atoms with Crippen LogP contribution in [0, 0.1) is 0 Å². The summed E-state index contributed by atoms with van der Waals surface area (Å²) in [6.45, 7) is 4.00. The SMILES string of the molecule is CC.O=[Si]=O. The van der Waals surface area contributed by atoms with E-state index in [4.69, 9.17) is 8.92 Å². The van der Waals surface area contributed by atoms with Crippen molar-refractivity contribution >= 4 is 9.29 Å². The Hall–Kier alpha value is -0.183. The Balaban J connectivity index is 0. The predicted molar refractivity (Wildman–Crippen MR) is 18.5 cm³/mol. The molecular formula is C2H6O2Si. The van der Waals surface area contributed by atoms with Crippen molar-refractivity contribution in [3.8, 4) is 0 Å². The molecule has 0 amide bonds. The average molecular weight is 90.2 g/mol. The van der Waals surface area contributed by atoms with Crippen molar-refractivity contribution < 1.29 is 8.92 Å². The Morgan fingerprint density at radius 3 is 1.20 bits per heavy atom. The molecule has 0 aromatic rings. The van der Waals surface area contributed by atoms with E-state index < -0.39 is 9.29 Å². The van der Waals surface area contributed by atoms with E-state index in [0.717, 1.165) is 0 Å². The van der Waals surface area contributed by atoms with Crippen LogP contribution in [-0.4, -0.2) is 9.29 Å². The van der Waals surface area contributed by atoms with Crippen LogP contribution in [0.4, 0.5) is 0 Å². The van der Waals surface area contributed by atoms with E-state index in [1.807, 2.05) is 13.8 Å². The summed E-state index contributed by atoms with van der Waals surface area (Å²) in [5, 5.41) is 0. The van der Waals surface area contributed by atoms with Crippen molar-refractivity contribution in [1.29, 1.82) is 0 Å². The molecule has 0 atom stereocenters. The van der Waals surface area contributed by atoms with Crippen LogP contribution in [0.2, 0.25) is 0 Å². The highest BCUT2D eigenvalue weighted by molar-refractivity contribution is 5.94. The van der Waals surface area contributed by atoms with Crippen LogP contribution in [-0.2, 0) is 8.92 Å². The Morgan fingerprint density at radius 2 is 1.20 bits per heavy atom. The molecular weight excluding hydrogens is 84.1 g/mol. The Kier molecular flexibility index (Phi) is 80.3. The van der Waals surface area contributed by atoms with E-state index in [-0.39, 0.29) is 0 Å². The van der Waals surface area contributed by atoms with Crippen molar-refractivity contribution in [1.82, 2.24) is 0 Å². The summed E-state index contributed by atoms with van der Waals surface area (Å²) in [5.41, 5.74) is 0. The van der Waals surface area contributed by atoms with Crippen molar-refractivity contribution in [2.75, 3.05) is 0 Å². The first kappa shape index (κ1) is 8.84. The zero-order valence-electron chi connectivity index (χ0n) is 3.32.